The molecule has 0 fully saturated rings. The van der Waals surface area contributed by atoms with Crippen LogP contribution in [0, 0.1) is 0 Å². The van der Waals surface area contributed by atoms with Gasteiger partial charge in [-0.2, -0.15) is 0 Å². The summed E-state index contributed by atoms with van der Waals surface area (Å²) >= 11 is 3.80. The van der Waals surface area contributed by atoms with Crippen molar-refractivity contribution in [1.29, 1.82) is 0 Å². The minimum Gasteiger partial charge on any atom is -0.290 e. The molecule has 52 valence electrons. The van der Waals surface area contributed by atoms with Crippen molar-refractivity contribution in [2.45, 2.75) is 0 Å². The van der Waals surface area contributed by atoms with Gasteiger partial charge in [-0.1, -0.05) is 10.8 Å². The summed E-state index contributed by atoms with van der Waals surface area (Å²) < 4.78 is 0. The van der Waals surface area contributed by atoms with E-state index in [1.54, 1.807) is 0 Å². The van der Waals surface area contributed by atoms with Crippen molar-refractivity contribution in [3.8, 4) is 0 Å². The fourth-order valence-corrected chi connectivity index (χ4v) is 1.31. The summed E-state index contributed by atoms with van der Waals surface area (Å²) in [6, 6.07) is 0. The normalized spacial score (nSPS) is 17.5. The van der Waals surface area contributed by atoms with Gasteiger partial charge in [0.15, 0.2) is 11.6 Å². The summed E-state index contributed by atoms with van der Waals surface area (Å²) in [5.74, 6) is -0.309. The van der Waals surface area contributed by atoms with Crippen molar-refractivity contribution in [3.05, 3.63) is 23.1 Å². The topological polar surface area (TPSA) is 34.1 Å². The van der Waals surface area contributed by atoms with Crippen molar-refractivity contribution >= 4 is 34.0 Å². The Morgan fingerprint density at radius 1 is 1.30 bits per heavy atom. The van der Waals surface area contributed by atoms with E-state index >= 15 is 0 Å². The van der Waals surface area contributed by atoms with Crippen LogP contribution in [-0.2, 0) is 9.59 Å². The van der Waals surface area contributed by atoms with Crippen LogP contribution >= 0.6 is 22.5 Å². The maximum absolute atomic E-state index is 10.8. The number of thiol groups is 1. The maximum atomic E-state index is 10.8. The molecule has 10 heavy (non-hydrogen) atoms. The molecule has 0 saturated carbocycles. The quantitative estimate of drug-likeness (QED) is 0.366. The lowest BCUT2D eigenvalue weighted by molar-refractivity contribution is -0.114. The molecule has 0 radical (unpaired) electrons. The minimum absolute atomic E-state index is 0.153. The summed E-state index contributed by atoms with van der Waals surface area (Å²) in [6.07, 6.45) is 3.77. The van der Waals surface area contributed by atoms with Crippen LogP contribution in [0.1, 0.15) is 0 Å². The van der Waals surface area contributed by atoms with Crippen molar-refractivity contribution in [2.75, 3.05) is 0 Å². The highest BCUT2D eigenvalue weighted by molar-refractivity contribution is 8.70. The van der Waals surface area contributed by atoms with Crippen LogP contribution in [0.2, 0.25) is 0 Å². The van der Waals surface area contributed by atoms with Gasteiger partial charge in [0.05, 0.1) is 4.91 Å². The fourth-order valence-electron chi connectivity index (χ4n) is 0.560. The molecule has 2 nitrogen and oxygen atoms in total. The molecule has 0 spiro atoms. The van der Waals surface area contributed by atoms with Crippen LogP contribution in [0.5, 0.6) is 0 Å². The maximum Gasteiger partial charge on any atom is 0.193 e. The average Bonchev–Trinajstić information content (AvgIpc) is 1.94. The Bertz CT molecular complexity index is 240. The summed E-state index contributed by atoms with van der Waals surface area (Å²) in [4.78, 5) is 21.8. The number of hydrogen-bond acceptors (Lipinski definition) is 4. The number of rotatable bonds is 1. The molecule has 1 aliphatic carbocycles. The van der Waals surface area contributed by atoms with Gasteiger partial charge < -0.3 is 0 Å². The number of allylic oxidation sites excluding steroid dienone is 4. The molecular weight excluding hydrogens is 168 g/mol. The second kappa shape index (κ2) is 3.07. The van der Waals surface area contributed by atoms with E-state index in [4.69, 9.17) is 0 Å². The summed E-state index contributed by atoms with van der Waals surface area (Å²) in [5, 5.41) is 0. The second-order valence-corrected chi connectivity index (χ2v) is 2.87. The first-order valence-corrected chi connectivity index (χ1v) is 4.40. The van der Waals surface area contributed by atoms with Crippen molar-refractivity contribution in [1.82, 2.24) is 0 Å². The van der Waals surface area contributed by atoms with E-state index in [0.717, 1.165) is 10.8 Å². The van der Waals surface area contributed by atoms with Gasteiger partial charge in [0.25, 0.3) is 0 Å². The van der Waals surface area contributed by atoms with E-state index in [9.17, 15) is 9.59 Å². The molecule has 1 aliphatic rings. The van der Waals surface area contributed by atoms with E-state index in [0.29, 0.717) is 4.91 Å². The molecule has 0 amide bonds. The lowest BCUT2D eigenvalue weighted by Crippen LogP contribution is -2.03. The van der Waals surface area contributed by atoms with Gasteiger partial charge in [0, 0.05) is 6.08 Å². The van der Waals surface area contributed by atoms with Crippen LogP contribution < -0.4 is 0 Å². The SMILES string of the molecule is O=C1C=CC(=O)C(SS)=C1. The van der Waals surface area contributed by atoms with Gasteiger partial charge >= 0.3 is 0 Å². The summed E-state index contributed by atoms with van der Waals surface area (Å²) in [6.45, 7) is 0. The predicted molar refractivity (Wildman–Crippen MR) is 43.8 cm³/mol. The molecule has 0 saturated heterocycles. The molecule has 1 rings (SSSR count). The van der Waals surface area contributed by atoms with Crippen LogP contribution in [0.4, 0.5) is 0 Å². The minimum atomic E-state index is -0.156. The Morgan fingerprint density at radius 3 is 2.50 bits per heavy atom. The molecule has 0 unspecified atom stereocenters. The van der Waals surface area contributed by atoms with E-state index in [-0.39, 0.29) is 11.6 Å². The fraction of sp³-hybridized carbons (Fsp3) is 0. The molecule has 0 aliphatic heterocycles. The predicted octanol–water partition coefficient (Wildman–Crippen LogP) is 1.16. The molecule has 4 heteroatoms. The Kier molecular flexibility index (Phi) is 2.34. The van der Waals surface area contributed by atoms with E-state index in [1.165, 1.54) is 18.2 Å². The van der Waals surface area contributed by atoms with Gasteiger partial charge in [-0.15, -0.1) is 11.7 Å². The van der Waals surface area contributed by atoms with E-state index < -0.39 is 0 Å². The zero-order chi connectivity index (χ0) is 7.56. The van der Waals surface area contributed by atoms with Gasteiger partial charge in [0.1, 0.15) is 0 Å². The molecular formula is C6H4O2S2. The third-order valence-corrected chi connectivity index (χ3v) is 2.12. The number of hydrogen-bond donors (Lipinski definition) is 1. The third-order valence-electron chi connectivity index (χ3n) is 1.01. The van der Waals surface area contributed by atoms with Crippen molar-refractivity contribution in [3.63, 3.8) is 0 Å². The standard InChI is InChI=1S/C6H4O2S2/c7-4-1-2-5(8)6(3-4)10-9/h1-3,9H. The van der Waals surface area contributed by atoms with Crippen LogP contribution in [-0.4, -0.2) is 11.6 Å². The first-order valence-electron chi connectivity index (χ1n) is 2.53. The largest absolute Gasteiger partial charge is 0.290 e. The van der Waals surface area contributed by atoms with Crippen molar-refractivity contribution < 1.29 is 9.59 Å². The molecule has 0 aromatic carbocycles. The highest BCUT2D eigenvalue weighted by atomic mass is 33.1. The lowest BCUT2D eigenvalue weighted by atomic mass is 10.2. The monoisotopic (exact) mass is 172 g/mol. The lowest BCUT2D eigenvalue weighted by Gasteiger charge is -1.99. The average molecular weight is 172 g/mol. The third kappa shape index (κ3) is 1.52. The molecule has 0 bridgehead atoms. The molecule has 0 aromatic heterocycles. The first kappa shape index (κ1) is 7.63. The second-order valence-electron chi connectivity index (χ2n) is 1.70. The van der Waals surface area contributed by atoms with Crippen LogP contribution in [0.25, 0.3) is 0 Å². The Balaban J connectivity index is 2.89. The zero-order valence-electron chi connectivity index (χ0n) is 4.90. The highest BCUT2D eigenvalue weighted by Crippen LogP contribution is 2.22. The molecule has 0 atom stereocenters. The Labute approximate surface area is 67.2 Å². The molecule has 0 N–H and O–H groups in total. The molecule has 0 heterocycles. The Morgan fingerprint density at radius 2 is 2.00 bits per heavy atom. The highest BCUT2D eigenvalue weighted by Gasteiger charge is 2.11. The number of carbonyl (C=O) groups excluding carboxylic acids is 2. The Hall–Kier alpha value is -0.480. The van der Waals surface area contributed by atoms with E-state index in [2.05, 4.69) is 11.7 Å². The van der Waals surface area contributed by atoms with Crippen LogP contribution in [0.3, 0.4) is 0 Å². The van der Waals surface area contributed by atoms with Crippen molar-refractivity contribution in [2.24, 2.45) is 0 Å². The van der Waals surface area contributed by atoms with Gasteiger partial charge in [-0.3, -0.25) is 9.59 Å². The van der Waals surface area contributed by atoms with Crippen LogP contribution in [0.15, 0.2) is 23.1 Å². The molecule has 0 aromatic rings. The summed E-state index contributed by atoms with van der Waals surface area (Å²) in [7, 11) is 0.992. The van der Waals surface area contributed by atoms with Gasteiger partial charge in [-0.05, 0) is 12.2 Å². The van der Waals surface area contributed by atoms with E-state index in [1.807, 2.05) is 0 Å². The summed E-state index contributed by atoms with van der Waals surface area (Å²) in [5.41, 5.74) is 0. The first-order chi connectivity index (χ1) is 4.74. The number of ketones is 2. The van der Waals surface area contributed by atoms with Gasteiger partial charge in [0.2, 0.25) is 0 Å². The van der Waals surface area contributed by atoms with Gasteiger partial charge in [-0.25, -0.2) is 0 Å². The smallest absolute Gasteiger partial charge is 0.193 e. The number of carbonyl (C=O) groups is 2. The zero-order valence-corrected chi connectivity index (χ0v) is 6.61.